The molecule has 8 nitrogen and oxygen atoms in total. The largest absolute Gasteiger partial charge is 0.383 e. The van der Waals surface area contributed by atoms with E-state index in [9.17, 15) is 4.79 Å². The molecule has 5 rings (SSSR count). The monoisotopic (exact) mass is 469 g/mol. The average molecular weight is 470 g/mol. The molecule has 2 aromatic carbocycles. The number of aromatic nitrogens is 4. The van der Waals surface area contributed by atoms with Gasteiger partial charge in [0.2, 0.25) is 0 Å². The van der Waals surface area contributed by atoms with Crippen LogP contribution < -0.4 is 16.4 Å². The first-order valence-electron chi connectivity index (χ1n) is 12.1. The third kappa shape index (κ3) is 4.61. The fraction of sp³-hybridized carbons (Fsp3) is 0.333. The molecule has 1 amide bonds. The number of fused-ring (bicyclic) bond motifs is 1. The molecule has 8 heteroatoms. The van der Waals surface area contributed by atoms with Crippen molar-refractivity contribution in [1.82, 2.24) is 30.4 Å². The summed E-state index contributed by atoms with van der Waals surface area (Å²) in [5.74, 6) is 0.365. The molecule has 1 aliphatic rings. The van der Waals surface area contributed by atoms with Crippen LogP contribution in [0.3, 0.4) is 0 Å². The third-order valence-electron chi connectivity index (χ3n) is 7.04. The Balaban J connectivity index is 1.38. The van der Waals surface area contributed by atoms with Crippen LogP contribution in [0.25, 0.3) is 22.3 Å². The molecule has 4 N–H and O–H groups in total. The second kappa shape index (κ2) is 9.84. The highest BCUT2D eigenvalue weighted by molar-refractivity contribution is 5.98. The molecule has 2 aromatic heterocycles. The summed E-state index contributed by atoms with van der Waals surface area (Å²) < 4.78 is 2.05. The van der Waals surface area contributed by atoms with Crippen molar-refractivity contribution in [2.75, 3.05) is 12.8 Å². The van der Waals surface area contributed by atoms with Gasteiger partial charge in [-0.25, -0.2) is 14.6 Å². The molecule has 0 aliphatic heterocycles. The number of benzene rings is 2. The summed E-state index contributed by atoms with van der Waals surface area (Å²) in [4.78, 5) is 21.3. The molecule has 0 saturated heterocycles. The summed E-state index contributed by atoms with van der Waals surface area (Å²) in [6.07, 6.45) is 5.83. The Morgan fingerprint density at radius 3 is 2.51 bits per heavy atom. The predicted molar refractivity (Wildman–Crippen MR) is 138 cm³/mol. The summed E-state index contributed by atoms with van der Waals surface area (Å²) in [6.45, 7) is 2.39. The number of nitrogens with two attached hydrogens (primary N) is 1. The normalized spacial score (nSPS) is 18.0. The molecule has 1 fully saturated rings. The number of carbonyl (C=O) groups excluding carboxylic acids is 1. The third-order valence-corrected chi connectivity index (χ3v) is 7.04. The molecule has 1 aliphatic carbocycles. The Labute approximate surface area is 205 Å². The number of hydrogen-bond acceptors (Lipinski definition) is 6. The van der Waals surface area contributed by atoms with Gasteiger partial charge in [0.25, 0.3) is 5.91 Å². The number of nitrogen functional groups attached to an aromatic ring is 1. The van der Waals surface area contributed by atoms with Gasteiger partial charge in [0.1, 0.15) is 17.8 Å². The van der Waals surface area contributed by atoms with Gasteiger partial charge in [0, 0.05) is 23.7 Å². The van der Waals surface area contributed by atoms with E-state index in [1.807, 2.05) is 67.2 Å². The lowest BCUT2D eigenvalue weighted by Crippen LogP contribution is -2.31. The first-order valence-corrected chi connectivity index (χ1v) is 12.1. The molecule has 0 atom stereocenters. The summed E-state index contributed by atoms with van der Waals surface area (Å²) in [5, 5.41) is 12.2. The van der Waals surface area contributed by atoms with Crippen molar-refractivity contribution in [1.29, 1.82) is 0 Å². The second-order valence-electron chi connectivity index (χ2n) is 9.24. The van der Waals surface area contributed by atoms with Crippen LogP contribution in [0.2, 0.25) is 0 Å². The van der Waals surface area contributed by atoms with Crippen LogP contribution in [0.1, 0.15) is 53.2 Å². The Morgan fingerprint density at radius 2 is 1.80 bits per heavy atom. The summed E-state index contributed by atoms with van der Waals surface area (Å²) >= 11 is 0. The molecule has 1 saturated carbocycles. The standard InChI is InChI=1S/C27H31N7O/c1-17-5-3-4-6-22(17)27(35)30-15-18-7-9-19(10-8-18)24-23-25(28)31-16-32-26(23)34(33-24)21-13-11-20(29-2)12-14-21/h3-10,16,20-21,29H,11-15H2,1-2H3,(H,30,35)(H2,28,31,32). The minimum absolute atomic E-state index is 0.0742. The van der Waals surface area contributed by atoms with Gasteiger partial charge in [-0.2, -0.15) is 5.10 Å². The number of rotatable bonds is 6. The summed E-state index contributed by atoms with van der Waals surface area (Å²) in [7, 11) is 2.03. The van der Waals surface area contributed by atoms with Crippen molar-refractivity contribution in [3.05, 3.63) is 71.5 Å². The van der Waals surface area contributed by atoms with Gasteiger partial charge >= 0.3 is 0 Å². The number of carbonyl (C=O) groups is 1. The predicted octanol–water partition coefficient (Wildman–Crippen LogP) is 4.02. The Bertz CT molecular complexity index is 1340. The van der Waals surface area contributed by atoms with Gasteiger partial charge in [-0.3, -0.25) is 4.79 Å². The first kappa shape index (κ1) is 23.0. The molecule has 0 bridgehead atoms. The number of hydrogen-bond donors (Lipinski definition) is 3. The van der Waals surface area contributed by atoms with Crippen LogP contribution in [0.15, 0.2) is 54.9 Å². The highest BCUT2D eigenvalue weighted by Gasteiger charge is 2.26. The maximum Gasteiger partial charge on any atom is 0.251 e. The molecule has 0 unspecified atom stereocenters. The minimum atomic E-state index is -0.0742. The Kier molecular flexibility index (Phi) is 6.46. The molecule has 35 heavy (non-hydrogen) atoms. The number of aryl methyl sites for hydroxylation is 1. The lowest BCUT2D eigenvalue weighted by molar-refractivity contribution is 0.0950. The van der Waals surface area contributed by atoms with Gasteiger partial charge in [-0.15, -0.1) is 0 Å². The molecule has 0 radical (unpaired) electrons. The van der Waals surface area contributed by atoms with E-state index in [4.69, 9.17) is 10.8 Å². The van der Waals surface area contributed by atoms with Gasteiger partial charge in [0.15, 0.2) is 5.65 Å². The lowest BCUT2D eigenvalue weighted by atomic mass is 9.91. The smallest absolute Gasteiger partial charge is 0.251 e. The van der Waals surface area contributed by atoms with Crippen LogP contribution in [0.4, 0.5) is 5.82 Å². The first-order chi connectivity index (χ1) is 17.0. The number of anilines is 1. The molecular weight excluding hydrogens is 438 g/mol. The van der Waals surface area contributed by atoms with Crippen molar-refractivity contribution in [2.45, 2.75) is 51.2 Å². The Hall–Kier alpha value is -3.78. The van der Waals surface area contributed by atoms with Crippen LogP contribution >= 0.6 is 0 Å². The van der Waals surface area contributed by atoms with Crippen molar-refractivity contribution in [3.8, 4) is 11.3 Å². The zero-order chi connectivity index (χ0) is 24.4. The van der Waals surface area contributed by atoms with Gasteiger partial charge in [-0.05, 0) is 56.8 Å². The average Bonchev–Trinajstić information content (AvgIpc) is 3.29. The van der Waals surface area contributed by atoms with E-state index < -0.39 is 0 Å². The van der Waals surface area contributed by atoms with E-state index in [2.05, 4.69) is 20.6 Å². The number of amides is 1. The van der Waals surface area contributed by atoms with Crippen molar-refractivity contribution < 1.29 is 4.79 Å². The van der Waals surface area contributed by atoms with Gasteiger partial charge in [0.05, 0.1) is 11.4 Å². The SMILES string of the molecule is CNC1CCC(n2nc(-c3ccc(CNC(=O)c4ccccc4C)cc3)c3c(N)ncnc32)CC1. The van der Waals surface area contributed by atoms with E-state index in [-0.39, 0.29) is 5.91 Å². The zero-order valence-electron chi connectivity index (χ0n) is 20.2. The molecule has 4 aromatic rings. The topological polar surface area (TPSA) is 111 Å². The zero-order valence-corrected chi connectivity index (χ0v) is 20.2. The van der Waals surface area contributed by atoms with Gasteiger partial charge in [-0.1, -0.05) is 42.5 Å². The molecule has 180 valence electrons. The fourth-order valence-corrected chi connectivity index (χ4v) is 4.95. The molecule has 2 heterocycles. The highest BCUT2D eigenvalue weighted by Crippen LogP contribution is 2.35. The van der Waals surface area contributed by atoms with E-state index >= 15 is 0 Å². The fourth-order valence-electron chi connectivity index (χ4n) is 4.95. The van der Waals surface area contributed by atoms with E-state index in [1.54, 1.807) is 0 Å². The van der Waals surface area contributed by atoms with Gasteiger partial charge < -0.3 is 16.4 Å². The van der Waals surface area contributed by atoms with E-state index in [0.29, 0.717) is 30.0 Å². The quantitative estimate of drug-likeness (QED) is 0.393. The summed E-state index contributed by atoms with van der Waals surface area (Å²) in [6, 6.07) is 16.5. The molecule has 0 spiro atoms. The van der Waals surface area contributed by atoms with E-state index in [0.717, 1.165) is 59.1 Å². The second-order valence-corrected chi connectivity index (χ2v) is 9.24. The minimum Gasteiger partial charge on any atom is -0.383 e. The maximum atomic E-state index is 12.5. The van der Waals surface area contributed by atoms with Crippen LogP contribution in [-0.4, -0.2) is 38.7 Å². The Morgan fingerprint density at radius 1 is 1.06 bits per heavy atom. The van der Waals surface area contributed by atoms with Crippen molar-refractivity contribution in [3.63, 3.8) is 0 Å². The van der Waals surface area contributed by atoms with E-state index in [1.165, 1.54) is 6.33 Å². The van der Waals surface area contributed by atoms with Crippen LogP contribution in [-0.2, 0) is 6.54 Å². The molecular formula is C27H31N7O. The number of nitrogens with one attached hydrogen (secondary N) is 2. The summed E-state index contributed by atoms with van der Waals surface area (Å²) in [5.41, 5.74) is 11.5. The van der Waals surface area contributed by atoms with Crippen molar-refractivity contribution in [2.24, 2.45) is 0 Å². The van der Waals surface area contributed by atoms with Crippen LogP contribution in [0, 0.1) is 6.92 Å². The van der Waals surface area contributed by atoms with Crippen molar-refractivity contribution >= 4 is 22.8 Å². The maximum absolute atomic E-state index is 12.5. The number of nitrogens with zero attached hydrogens (tertiary/aromatic N) is 4. The van der Waals surface area contributed by atoms with Crippen LogP contribution in [0.5, 0.6) is 0 Å². The lowest BCUT2D eigenvalue weighted by Gasteiger charge is -2.28. The highest BCUT2D eigenvalue weighted by atomic mass is 16.1.